The lowest BCUT2D eigenvalue weighted by Crippen LogP contribution is -2.51. The van der Waals surface area contributed by atoms with Gasteiger partial charge in [-0.25, -0.2) is 4.79 Å². The molecule has 0 aliphatic rings. The lowest BCUT2D eigenvalue weighted by Gasteiger charge is -2.30. The van der Waals surface area contributed by atoms with Crippen LogP contribution in [0, 0.1) is 0 Å². The van der Waals surface area contributed by atoms with Gasteiger partial charge >= 0.3 is 6.09 Å². The molecule has 1 aromatic rings. The van der Waals surface area contributed by atoms with Gasteiger partial charge in [-0.15, -0.1) is 0 Å². The summed E-state index contributed by atoms with van der Waals surface area (Å²) >= 11 is 1.69. The number of carbonyl (C=O) groups is 1. The molecule has 0 aliphatic heterocycles. The SMILES string of the molecule is CC(NCC(C)(C)NC(=O)OC(C)(C)C)c1ccsc1. The highest BCUT2D eigenvalue weighted by molar-refractivity contribution is 7.07. The van der Waals surface area contributed by atoms with E-state index in [1.165, 1.54) is 5.56 Å². The van der Waals surface area contributed by atoms with Crippen molar-refractivity contribution < 1.29 is 9.53 Å². The van der Waals surface area contributed by atoms with E-state index >= 15 is 0 Å². The van der Waals surface area contributed by atoms with E-state index in [2.05, 4.69) is 34.4 Å². The van der Waals surface area contributed by atoms with Crippen molar-refractivity contribution in [2.75, 3.05) is 6.54 Å². The molecule has 5 heteroatoms. The zero-order valence-corrected chi connectivity index (χ0v) is 14.1. The van der Waals surface area contributed by atoms with Gasteiger partial charge in [-0.2, -0.15) is 11.3 Å². The molecular formula is C15H26N2O2S. The molecule has 1 unspecified atom stereocenters. The van der Waals surface area contributed by atoms with Crippen LogP contribution >= 0.6 is 11.3 Å². The number of hydrogen-bond acceptors (Lipinski definition) is 4. The van der Waals surface area contributed by atoms with Gasteiger partial charge in [0.1, 0.15) is 5.60 Å². The van der Waals surface area contributed by atoms with Crippen LogP contribution in [-0.2, 0) is 4.74 Å². The molecule has 1 heterocycles. The summed E-state index contributed by atoms with van der Waals surface area (Å²) in [6.45, 7) is 12.3. The Bertz CT molecular complexity index is 422. The van der Waals surface area contributed by atoms with Gasteiger partial charge in [-0.05, 0) is 63.9 Å². The highest BCUT2D eigenvalue weighted by Crippen LogP contribution is 2.16. The Balaban J connectivity index is 2.43. The molecule has 1 atom stereocenters. The van der Waals surface area contributed by atoms with Gasteiger partial charge in [0.2, 0.25) is 0 Å². The van der Waals surface area contributed by atoms with Gasteiger partial charge in [0.05, 0.1) is 5.54 Å². The average molecular weight is 298 g/mol. The minimum atomic E-state index is -0.475. The second kappa shape index (κ2) is 6.59. The molecule has 1 rings (SSSR count). The number of hydrogen-bond donors (Lipinski definition) is 2. The third-order valence-electron chi connectivity index (χ3n) is 2.73. The van der Waals surface area contributed by atoms with Gasteiger partial charge in [0.15, 0.2) is 0 Å². The van der Waals surface area contributed by atoms with E-state index in [-0.39, 0.29) is 17.7 Å². The maximum Gasteiger partial charge on any atom is 0.408 e. The van der Waals surface area contributed by atoms with E-state index in [9.17, 15) is 4.79 Å². The number of ether oxygens (including phenoxy) is 1. The Morgan fingerprint density at radius 3 is 2.50 bits per heavy atom. The van der Waals surface area contributed by atoms with Gasteiger partial charge < -0.3 is 15.4 Å². The van der Waals surface area contributed by atoms with Crippen molar-refractivity contribution >= 4 is 17.4 Å². The van der Waals surface area contributed by atoms with Gasteiger partial charge in [-0.3, -0.25) is 0 Å². The summed E-state index contributed by atoms with van der Waals surface area (Å²) in [4.78, 5) is 11.8. The van der Waals surface area contributed by atoms with Crippen LogP contribution in [0.4, 0.5) is 4.79 Å². The van der Waals surface area contributed by atoms with Crippen molar-refractivity contribution in [2.45, 2.75) is 58.7 Å². The Hall–Kier alpha value is -1.07. The van der Waals surface area contributed by atoms with E-state index < -0.39 is 5.60 Å². The summed E-state index contributed by atoms with van der Waals surface area (Å²) in [5, 5.41) is 10.5. The first kappa shape index (κ1) is 17.0. The maximum absolute atomic E-state index is 11.8. The fraction of sp³-hybridized carbons (Fsp3) is 0.667. The maximum atomic E-state index is 11.8. The molecule has 0 bridgehead atoms. The first-order chi connectivity index (χ1) is 9.09. The molecule has 0 saturated heterocycles. The van der Waals surface area contributed by atoms with Crippen LogP contribution in [0.3, 0.4) is 0 Å². The normalized spacial score (nSPS) is 13.9. The van der Waals surface area contributed by atoms with Crippen LogP contribution in [0.15, 0.2) is 16.8 Å². The average Bonchev–Trinajstić information content (AvgIpc) is 2.75. The Kier molecular flexibility index (Phi) is 5.59. The van der Waals surface area contributed by atoms with Crippen LogP contribution in [0.1, 0.15) is 53.1 Å². The second-order valence-electron chi connectivity index (χ2n) is 6.67. The van der Waals surface area contributed by atoms with Crippen molar-refractivity contribution in [3.63, 3.8) is 0 Å². The molecule has 0 fully saturated rings. The second-order valence-corrected chi connectivity index (χ2v) is 7.45. The van der Waals surface area contributed by atoms with Crippen LogP contribution < -0.4 is 10.6 Å². The number of nitrogens with one attached hydrogen (secondary N) is 2. The van der Waals surface area contributed by atoms with Crippen molar-refractivity contribution in [3.8, 4) is 0 Å². The summed E-state index contributed by atoms with van der Waals surface area (Å²) in [5.41, 5.74) is 0.424. The number of alkyl carbamates (subject to hydrolysis) is 1. The summed E-state index contributed by atoms with van der Waals surface area (Å²) < 4.78 is 5.28. The van der Waals surface area contributed by atoms with E-state index in [0.29, 0.717) is 6.54 Å². The van der Waals surface area contributed by atoms with E-state index in [4.69, 9.17) is 4.74 Å². The standard InChI is InChI=1S/C15H26N2O2S/c1-11(12-7-8-20-9-12)16-10-15(5,6)17-13(18)19-14(2,3)4/h7-9,11,16H,10H2,1-6H3,(H,17,18). The lowest BCUT2D eigenvalue weighted by atomic mass is 10.0. The zero-order valence-electron chi connectivity index (χ0n) is 13.2. The van der Waals surface area contributed by atoms with E-state index in [1.807, 2.05) is 34.6 Å². The molecule has 0 spiro atoms. The fourth-order valence-corrected chi connectivity index (χ4v) is 2.43. The Morgan fingerprint density at radius 2 is 2.00 bits per heavy atom. The monoisotopic (exact) mass is 298 g/mol. The molecule has 0 aliphatic carbocycles. The third kappa shape index (κ3) is 6.39. The van der Waals surface area contributed by atoms with E-state index in [1.54, 1.807) is 11.3 Å². The lowest BCUT2D eigenvalue weighted by molar-refractivity contribution is 0.0471. The summed E-state index contributed by atoms with van der Waals surface area (Å²) in [7, 11) is 0. The molecule has 0 aromatic carbocycles. The predicted molar refractivity (Wildman–Crippen MR) is 84.2 cm³/mol. The Labute approximate surface area is 125 Å². The van der Waals surface area contributed by atoms with Crippen molar-refractivity contribution in [1.82, 2.24) is 10.6 Å². The molecule has 1 aromatic heterocycles. The minimum Gasteiger partial charge on any atom is -0.444 e. The highest BCUT2D eigenvalue weighted by atomic mass is 32.1. The third-order valence-corrected chi connectivity index (χ3v) is 3.43. The van der Waals surface area contributed by atoms with Crippen LogP contribution in [0.25, 0.3) is 0 Å². The number of rotatable bonds is 5. The zero-order chi connectivity index (χ0) is 15.4. The number of carbonyl (C=O) groups excluding carboxylic acids is 1. The first-order valence-corrected chi connectivity index (χ1v) is 7.80. The van der Waals surface area contributed by atoms with Crippen molar-refractivity contribution in [3.05, 3.63) is 22.4 Å². The molecule has 114 valence electrons. The Morgan fingerprint density at radius 1 is 1.35 bits per heavy atom. The molecule has 20 heavy (non-hydrogen) atoms. The van der Waals surface area contributed by atoms with Crippen LogP contribution in [-0.4, -0.2) is 23.8 Å². The smallest absolute Gasteiger partial charge is 0.408 e. The van der Waals surface area contributed by atoms with Gasteiger partial charge in [-0.1, -0.05) is 0 Å². The highest BCUT2D eigenvalue weighted by Gasteiger charge is 2.24. The number of amides is 1. The van der Waals surface area contributed by atoms with Crippen molar-refractivity contribution in [2.24, 2.45) is 0 Å². The molecule has 0 radical (unpaired) electrons. The van der Waals surface area contributed by atoms with Gasteiger partial charge in [0, 0.05) is 12.6 Å². The van der Waals surface area contributed by atoms with E-state index in [0.717, 1.165) is 0 Å². The topological polar surface area (TPSA) is 50.4 Å². The molecule has 4 nitrogen and oxygen atoms in total. The molecule has 1 amide bonds. The molecule has 0 saturated carbocycles. The summed E-state index contributed by atoms with van der Waals surface area (Å²) in [6, 6.07) is 2.37. The van der Waals surface area contributed by atoms with Gasteiger partial charge in [0.25, 0.3) is 0 Å². The van der Waals surface area contributed by atoms with Crippen LogP contribution in [0.2, 0.25) is 0 Å². The quantitative estimate of drug-likeness (QED) is 0.871. The first-order valence-electron chi connectivity index (χ1n) is 6.86. The largest absolute Gasteiger partial charge is 0.444 e. The molecular weight excluding hydrogens is 272 g/mol. The predicted octanol–water partition coefficient (Wildman–Crippen LogP) is 3.70. The number of thiophene rings is 1. The van der Waals surface area contributed by atoms with Crippen LogP contribution in [0.5, 0.6) is 0 Å². The minimum absolute atomic E-state index is 0.265. The molecule has 2 N–H and O–H groups in total. The fourth-order valence-electron chi connectivity index (χ4n) is 1.67. The summed E-state index contributed by atoms with van der Waals surface area (Å²) in [6.07, 6.45) is -0.382. The van der Waals surface area contributed by atoms with Crippen molar-refractivity contribution in [1.29, 1.82) is 0 Å². The summed E-state index contributed by atoms with van der Waals surface area (Å²) in [5.74, 6) is 0.